The molecule has 2 aliphatic rings. The minimum absolute atomic E-state index is 0.0332. The van der Waals surface area contributed by atoms with Gasteiger partial charge in [-0.3, -0.25) is 14.4 Å². The third-order valence-electron chi connectivity index (χ3n) is 8.73. The fourth-order valence-corrected chi connectivity index (χ4v) is 6.14. The number of fused-ring (bicyclic) bond motifs is 1. The normalized spacial score (nSPS) is 25.1. The highest BCUT2D eigenvalue weighted by molar-refractivity contribution is 5.94. The van der Waals surface area contributed by atoms with E-state index in [1.165, 1.54) is 24.3 Å². The summed E-state index contributed by atoms with van der Waals surface area (Å²) in [7, 11) is 1.55. The smallest absolute Gasteiger partial charge is 0.246 e. The molecule has 2 aliphatic heterocycles. The summed E-state index contributed by atoms with van der Waals surface area (Å²) in [6, 6.07) is 13.0. The first-order chi connectivity index (χ1) is 20.5. The van der Waals surface area contributed by atoms with E-state index in [0.29, 0.717) is 19.5 Å². The zero-order valence-corrected chi connectivity index (χ0v) is 26.2. The second-order valence-electron chi connectivity index (χ2n) is 12.6. The summed E-state index contributed by atoms with van der Waals surface area (Å²) in [6.07, 6.45) is 4.06. The molecule has 0 saturated heterocycles. The SMILES string of the molecule is CCC(C)[C@@H]1NCC2CCc3cccc(c3O2)CCCNC(=O)[C@@H](Cc2ccccc2)NC(=O)[C@H](C(C)(C)O)N(C)C1=O. The van der Waals surface area contributed by atoms with E-state index in [1.54, 1.807) is 7.05 Å². The summed E-state index contributed by atoms with van der Waals surface area (Å²) in [6.45, 7) is 7.96. The molecule has 0 aromatic heterocycles. The molecule has 234 valence electrons. The van der Waals surface area contributed by atoms with Crippen LogP contribution in [0.1, 0.15) is 63.6 Å². The number of hydrogen-bond acceptors (Lipinski definition) is 6. The van der Waals surface area contributed by atoms with Crippen LogP contribution in [0.3, 0.4) is 0 Å². The maximum atomic E-state index is 14.0. The molecular weight excluding hydrogens is 544 g/mol. The van der Waals surface area contributed by atoms with Crippen molar-refractivity contribution < 1.29 is 24.2 Å². The Hall–Kier alpha value is -3.43. The molecule has 9 heteroatoms. The number of carbonyl (C=O) groups is 3. The third-order valence-corrected chi connectivity index (χ3v) is 8.73. The average Bonchev–Trinajstić information content (AvgIpc) is 2.98. The minimum Gasteiger partial charge on any atom is -0.489 e. The molecule has 2 heterocycles. The Labute approximate surface area is 255 Å². The summed E-state index contributed by atoms with van der Waals surface area (Å²) in [5, 5.41) is 20.5. The van der Waals surface area contributed by atoms with E-state index in [2.05, 4.69) is 34.1 Å². The van der Waals surface area contributed by atoms with Crippen LogP contribution < -0.4 is 20.7 Å². The molecule has 0 aliphatic carbocycles. The van der Waals surface area contributed by atoms with Crippen molar-refractivity contribution in [2.24, 2.45) is 5.92 Å². The number of nitrogens with one attached hydrogen (secondary N) is 3. The number of rotatable bonds is 5. The van der Waals surface area contributed by atoms with E-state index in [-0.39, 0.29) is 30.3 Å². The number of aliphatic hydroxyl groups is 1. The van der Waals surface area contributed by atoms with Crippen molar-refractivity contribution in [3.63, 3.8) is 0 Å². The van der Waals surface area contributed by atoms with Crippen molar-refractivity contribution in [1.82, 2.24) is 20.9 Å². The van der Waals surface area contributed by atoms with Gasteiger partial charge in [0.15, 0.2) is 0 Å². The Kier molecular flexibility index (Phi) is 10.8. The largest absolute Gasteiger partial charge is 0.489 e. The van der Waals surface area contributed by atoms with Crippen LogP contribution in [0.5, 0.6) is 5.75 Å². The van der Waals surface area contributed by atoms with Gasteiger partial charge in [-0.05, 0) is 62.1 Å². The molecule has 0 saturated carbocycles. The van der Waals surface area contributed by atoms with Crippen LogP contribution in [0.15, 0.2) is 48.5 Å². The molecule has 9 nitrogen and oxygen atoms in total. The van der Waals surface area contributed by atoms with Crippen molar-refractivity contribution in [2.45, 2.75) is 96.1 Å². The lowest BCUT2D eigenvalue weighted by Crippen LogP contribution is -2.64. The number of benzene rings is 2. The van der Waals surface area contributed by atoms with Crippen LogP contribution in [0.2, 0.25) is 0 Å². The molecule has 3 amide bonds. The van der Waals surface area contributed by atoms with Crippen LogP contribution in [0, 0.1) is 5.92 Å². The van der Waals surface area contributed by atoms with Crippen LogP contribution in [0.25, 0.3) is 0 Å². The Bertz CT molecular complexity index is 1260. The molecule has 2 aromatic carbocycles. The number of carbonyl (C=O) groups excluding carboxylic acids is 3. The minimum atomic E-state index is -1.57. The number of amides is 3. The van der Waals surface area contributed by atoms with Gasteiger partial charge in [0, 0.05) is 26.6 Å². The summed E-state index contributed by atoms with van der Waals surface area (Å²) in [4.78, 5) is 42.7. The first-order valence-electron chi connectivity index (χ1n) is 15.6. The number of hydrogen-bond donors (Lipinski definition) is 4. The van der Waals surface area contributed by atoms with E-state index in [0.717, 1.165) is 42.6 Å². The zero-order chi connectivity index (χ0) is 31.1. The topological polar surface area (TPSA) is 120 Å². The molecular formula is C34H48N4O5. The molecule has 5 atom stereocenters. The molecule has 2 aromatic rings. The van der Waals surface area contributed by atoms with Gasteiger partial charge >= 0.3 is 0 Å². The van der Waals surface area contributed by atoms with Gasteiger partial charge in [0.2, 0.25) is 17.7 Å². The maximum absolute atomic E-state index is 14.0. The lowest BCUT2D eigenvalue weighted by atomic mass is 9.92. The monoisotopic (exact) mass is 592 g/mol. The highest BCUT2D eigenvalue weighted by Gasteiger charge is 2.42. The molecule has 4 N–H and O–H groups in total. The molecule has 2 bridgehead atoms. The van der Waals surface area contributed by atoms with E-state index >= 15 is 0 Å². The Balaban J connectivity index is 1.68. The number of nitrogens with zero attached hydrogens (tertiary/aromatic N) is 1. The zero-order valence-electron chi connectivity index (χ0n) is 26.2. The van der Waals surface area contributed by atoms with Gasteiger partial charge in [-0.2, -0.15) is 0 Å². The van der Waals surface area contributed by atoms with Gasteiger partial charge in [-0.15, -0.1) is 0 Å². The second kappa shape index (κ2) is 14.4. The van der Waals surface area contributed by atoms with Gasteiger partial charge < -0.3 is 30.7 Å². The van der Waals surface area contributed by atoms with Crippen molar-refractivity contribution in [2.75, 3.05) is 20.1 Å². The number of para-hydroxylation sites is 1. The maximum Gasteiger partial charge on any atom is 0.246 e. The second-order valence-corrected chi connectivity index (χ2v) is 12.6. The summed E-state index contributed by atoms with van der Waals surface area (Å²) < 4.78 is 6.50. The van der Waals surface area contributed by atoms with Crippen LogP contribution >= 0.6 is 0 Å². The standard InChI is InChI=1S/C34H48N4O5/c1-6-22(2)28-33(41)38(5)30(34(3,4)42)32(40)37-27(20-23-12-8-7-9-13-23)31(39)35-19-11-16-24-14-10-15-25-17-18-26(21-36-28)43-29(24)25/h7-10,12-15,22,26-28,30,36,42H,6,11,16-21H2,1-5H3,(H,35,39)(H,37,40)/t22?,26?,27-,28+,30-/m1/s1. The highest BCUT2D eigenvalue weighted by Crippen LogP contribution is 2.32. The van der Waals surface area contributed by atoms with Crippen molar-refractivity contribution >= 4 is 17.7 Å². The third kappa shape index (κ3) is 8.15. The Morgan fingerprint density at radius 1 is 1.02 bits per heavy atom. The molecule has 43 heavy (non-hydrogen) atoms. The number of ether oxygens (including phenoxy) is 1. The van der Waals surface area contributed by atoms with Crippen LogP contribution in [-0.2, 0) is 33.6 Å². The van der Waals surface area contributed by atoms with Gasteiger partial charge in [0.05, 0.1) is 11.6 Å². The van der Waals surface area contributed by atoms with Gasteiger partial charge in [-0.25, -0.2) is 0 Å². The lowest BCUT2D eigenvalue weighted by molar-refractivity contribution is -0.150. The number of likely N-dealkylation sites (N-methyl/N-ethyl adjacent to an activating group) is 1. The Morgan fingerprint density at radius 3 is 2.40 bits per heavy atom. The summed E-state index contributed by atoms with van der Waals surface area (Å²) >= 11 is 0. The van der Waals surface area contributed by atoms with Gasteiger partial charge in [0.25, 0.3) is 0 Å². The quantitative estimate of drug-likeness (QED) is 0.424. The van der Waals surface area contributed by atoms with Crippen LogP contribution in [-0.4, -0.2) is 77.7 Å². The van der Waals surface area contributed by atoms with Gasteiger partial charge in [-0.1, -0.05) is 68.8 Å². The molecule has 0 radical (unpaired) electrons. The fourth-order valence-electron chi connectivity index (χ4n) is 6.14. The first kappa shape index (κ1) is 32.5. The predicted octanol–water partition coefficient (Wildman–Crippen LogP) is 2.77. The molecule has 4 rings (SSSR count). The van der Waals surface area contributed by atoms with E-state index < -0.39 is 29.6 Å². The summed E-state index contributed by atoms with van der Waals surface area (Å²) in [5.41, 5.74) is 1.60. The number of aryl methyl sites for hydroxylation is 2. The van der Waals surface area contributed by atoms with E-state index in [9.17, 15) is 19.5 Å². The average molecular weight is 593 g/mol. The van der Waals surface area contributed by atoms with Crippen molar-refractivity contribution in [1.29, 1.82) is 0 Å². The predicted molar refractivity (Wildman–Crippen MR) is 167 cm³/mol. The van der Waals surface area contributed by atoms with Crippen LogP contribution in [0.4, 0.5) is 0 Å². The fraction of sp³-hybridized carbons (Fsp3) is 0.559. The molecule has 0 fully saturated rings. The van der Waals surface area contributed by atoms with Crippen molar-refractivity contribution in [3.05, 3.63) is 65.2 Å². The van der Waals surface area contributed by atoms with Crippen molar-refractivity contribution in [3.8, 4) is 5.75 Å². The molecule has 0 spiro atoms. The van der Waals surface area contributed by atoms with E-state index in [4.69, 9.17) is 4.74 Å². The van der Waals surface area contributed by atoms with E-state index in [1.807, 2.05) is 44.2 Å². The van der Waals surface area contributed by atoms with Gasteiger partial charge in [0.1, 0.15) is 23.9 Å². The highest BCUT2D eigenvalue weighted by atomic mass is 16.5. The molecule has 2 unspecified atom stereocenters. The first-order valence-corrected chi connectivity index (χ1v) is 15.6. The Morgan fingerprint density at radius 2 is 1.72 bits per heavy atom. The lowest BCUT2D eigenvalue weighted by Gasteiger charge is -2.39. The summed E-state index contributed by atoms with van der Waals surface area (Å²) in [5.74, 6) is -0.312.